The first kappa shape index (κ1) is 26.9. The number of ether oxygens (including phenoxy) is 1. The van der Waals surface area contributed by atoms with Gasteiger partial charge in [0.2, 0.25) is 5.91 Å². The Balaban J connectivity index is 1.38. The number of hydrogen-bond acceptors (Lipinski definition) is 8. The van der Waals surface area contributed by atoms with Crippen molar-refractivity contribution in [2.75, 3.05) is 11.9 Å². The van der Waals surface area contributed by atoms with Gasteiger partial charge in [0.25, 0.3) is 5.91 Å². The topological polar surface area (TPSA) is 115 Å². The van der Waals surface area contributed by atoms with Gasteiger partial charge in [-0.05, 0) is 75.8 Å². The van der Waals surface area contributed by atoms with E-state index in [9.17, 15) is 14.4 Å². The molecule has 0 saturated heterocycles. The van der Waals surface area contributed by atoms with Gasteiger partial charge in [0.15, 0.2) is 11.0 Å². The fourth-order valence-corrected chi connectivity index (χ4v) is 6.20. The Morgan fingerprint density at radius 2 is 1.97 bits per heavy atom. The van der Waals surface area contributed by atoms with E-state index in [0.29, 0.717) is 27.1 Å². The van der Waals surface area contributed by atoms with E-state index in [0.717, 1.165) is 40.8 Å². The lowest BCUT2D eigenvalue weighted by Crippen LogP contribution is -2.25. The Hall–Kier alpha value is -3.18. The summed E-state index contributed by atoms with van der Waals surface area (Å²) in [6.07, 6.45) is 2.74. The summed E-state index contributed by atoms with van der Waals surface area (Å²) in [5.41, 5.74) is 4.26. The summed E-state index contributed by atoms with van der Waals surface area (Å²) in [7, 11) is 1.80. The summed E-state index contributed by atoms with van der Waals surface area (Å²) in [6, 6.07) is 5.58. The highest BCUT2D eigenvalue weighted by molar-refractivity contribution is 8.00. The maximum absolute atomic E-state index is 13.0. The van der Waals surface area contributed by atoms with Crippen LogP contribution in [0.5, 0.6) is 0 Å². The molecular weight excluding hydrogens is 510 g/mol. The second-order valence-corrected chi connectivity index (χ2v) is 11.4. The molecule has 0 spiro atoms. The smallest absolute Gasteiger partial charge is 0.341 e. The van der Waals surface area contributed by atoms with Crippen LogP contribution in [0.1, 0.15) is 68.4 Å². The molecule has 0 bridgehead atoms. The molecule has 2 aromatic heterocycles. The van der Waals surface area contributed by atoms with E-state index >= 15 is 0 Å². The highest BCUT2D eigenvalue weighted by Crippen LogP contribution is 2.40. The standard InChI is InChI=1S/C26H31N5O4S2/c1-6-35-25(34)21-18-8-7-9-19(18)37-24(21)28-22(32)16(4)36-26-30-29-20(31(26)5)13-27-23(33)17-11-10-14(2)15(3)12-17/h10-12,16H,6-9,13H2,1-5H3,(H,27,33)(H,28,32). The second-order valence-electron chi connectivity index (χ2n) is 8.97. The largest absolute Gasteiger partial charge is 0.462 e. The molecule has 1 aliphatic rings. The van der Waals surface area contributed by atoms with E-state index in [-0.39, 0.29) is 25.0 Å². The van der Waals surface area contributed by atoms with Gasteiger partial charge < -0.3 is 19.9 Å². The summed E-state index contributed by atoms with van der Waals surface area (Å²) in [5, 5.41) is 14.8. The van der Waals surface area contributed by atoms with Gasteiger partial charge in [0, 0.05) is 17.5 Å². The van der Waals surface area contributed by atoms with Gasteiger partial charge in [-0.1, -0.05) is 17.8 Å². The van der Waals surface area contributed by atoms with Crippen LogP contribution < -0.4 is 10.6 Å². The van der Waals surface area contributed by atoms with Crippen molar-refractivity contribution in [2.45, 2.75) is 63.9 Å². The number of thioether (sulfide) groups is 1. The number of thiophene rings is 1. The number of amides is 2. The molecule has 9 nitrogen and oxygen atoms in total. The molecule has 37 heavy (non-hydrogen) atoms. The molecule has 0 fully saturated rings. The number of benzene rings is 1. The van der Waals surface area contributed by atoms with E-state index < -0.39 is 11.2 Å². The lowest BCUT2D eigenvalue weighted by molar-refractivity contribution is -0.115. The van der Waals surface area contributed by atoms with E-state index in [1.54, 1.807) is 31.5 Å². The quantitative estimate of drug-likeness (QED) is 0.308. The van der Waals surface area contributed by atoms with Crippen molar-refractivity contribution in [3.63, 3.8) is 0 Å². The van der Waals surface area contributed by atoms with Crippen molar-refractivity contribution >= 4 is 45.9 Å². The Labute approximate surface area is 224 Å². The number of rotatable bonds is 9. The van der Waals surface area contributed by atoms with Crippen molar-refractivity contribution in [1.82, 2.24) is 20.1 Å². The zero-order chi connectivity index (χ0) is 26.7. The number of nitrogens with zero attached hydrogens (tertiary/aromatic N) is 3. The zero-order valence-electron chi connectivity index (χ0n) is 21.6. The molecule has 2 N–H and O–H groups in total. The van der Waals surface area contributed by atoms with Crippen LogP contribution in [-0.4, -0.2) is 44.4 Å². The predicted molar refractivity (Wildman–Crippen MR) is 144 cm³/mol. The number of aromatic nitrogens is 3. The number of esters is 1. The summed E-state index contributed by atoms with van der Waals surface area (Å²) in [6.45, 7) is 8.01. The normalized spacial score (nSPS) is 13.2. The van der Waals surface area contributed by atoms with Gasteiger partial charge in [-0.3, -0.25) is 9.59 Å². The fourth-order valence-electron chi connectivity index (χ4n) is 4.08. The molecule has 1 aliphatic carbocycles. The Bertz CT molecular complexity index is 1350. The fraction of sp³-hybridized carbons (Fsp3) is 0.423. The minimum atomic E-state index is -0.493. The Morgan fingerprint density at radius 3 is 2.70 bits per heavy atom. The average molecular weight is 542 g/mol. The first-order valence-electron chi connectivity index (χ1n) is 12.2. The van der Waals surface area contributed by atoms with Crippen molar-refractivity contribution in [1.29, 1.82) is 0 Å². The number of anilines is 1. The van der Waals surface area contributed by atoms with Gasteiger partial charge >= 0.3 is 5.97 Å². The number of nitrogens with one attached hydrogen (secondary N) is 2. The lowest BCUT2D eigenvalue weighted by atomic mass is 10.1. The lowest BCUT2D eigenvalue weighted by Gasteiger charge is -2.12. The van der Waals surface area contributed by atoms with Crippen LogP contribution in [0.2, 0.25) is 0 Å². The number of aryl methyl sites for hydroxylation is 3. The minimum absolute atomic E-state index is 0.187. The summed E-state index contributed by atoms with van der Waals surface area (Å²) in [5.74, 6) is -0.235. The first-order valence-corrected chi connectivity index (χ1v) is 13.9. The highest BCUT2D eigenvalue weighted by atomic mass is 32.2. The van der Waals surface area contributed by atoms with Crippen molar-refractivity contribution in [2.24, 2.45) is 7.05 Å². The monoisotopic (exact) mass is 541 g/mol. The molecule has 1 aromatic carbocycles. The maximum atomic E-state index is 13.0. The Morgan fingerprint density at radius 1 is 1.19 bits per heavy atom. The number of fused-ring (bicyclic) bond motifs is 1. The third-order valence-electron chi connectivity index (χ3n) is 6.39. The number of carbonyl (C=O) groups is 3. The Kier molecular flexibility index (Phi) is 8.33. The molecule has 1 unspecified atom stereocenters. The molecule has 2 heterocycles. The minimum Gasteiger partial charge on any atom is -0.462 e. The van der Waals surface area contributed by atoms with Crippen LogP contribution in [0.3, 0.4) is 0 Å². The molecule has 0 saturated carbocycles. The summed E-state index contributed by atoms with van der Waals surface area (Å²) < 4.78 is 7.01. The van der Waals surface area contributed by atoms with E-state index in [2.05, 4.69) is 20.8 Å². The third kappa shape index (κ3) is 5.88. The van der Waals surface area contributed by atoms with Gasteiger partial charge in [-0.15, -0.1) is 21.5 Å². The number of carbonyl (C=O) groups excluding carboxylic acids is 3. The maximum Gasteiger partial charge on any atom is 0.341 e. The second kappa shape index (κ2) is 11.5. The van der Waals surface area contributed by atoms with Gasteiger partial charge in [0.05, 0.1) is 24.0 Å². The van der Waals surface area contributed by atoms with Crippen molar-refractivity contribution in [3.05, 3.63) is 56.7 Å². The van der Waals surface area contributed by atoms with Crippen molar-refractivity contribution < 1.29 is 19.1 Å². The van der Waals surface area contributed by atoms with Crippen molar-refractivity contribution in [3.8, 4) is 0 Å². The summed E-state index contributed by atoms with van der Waals surface area (Å²) in [4.78, 5) is 39.3. The molecule has 11 heteroatoms. The van der Waals surface area contributed by atoms with Gasteiger partial charge in [0.1, 0.15) is 5.00 Å². The molecule has 4 rings (SSSR count). The first-order chi connectivity index (χ1) is 17.7. The predicted octanol–water partition coefficient (Wildman–Crippen LogP) is 4.21. The van der Waals surface area contributed by atoms with Gasteiger partial charge in [-0.2, -0.15) is 0 Å². The van der Waals surface area contributed by atoms with Crippen LogP contribution in [0, 0.1) is 13.8 Å². The molecule has 3 aromatic rings. The van der Waals surface area contributed by atoms with Crippen LogP contribution in [0.15, 0.2) is 23.4 Å². The molecular formula is C26H31N5O4S2. The van der Waals surface area contributed by atoms with E-state index in [1.807, 2.05) is 26.0 Å². The van der Waals surface area contributed by atoms with Crippen LogP contribution in [0.4, 0.5) is 5.00 Å². The van der Waals surface area contributed by atoms with Crippen LogP contribution in [-0.2, 0) is 36.0 Å². The SMILES string of the molecule is CCOC(=O)c1c(NC(=O)C(C)Sc2nnc(CNC(=O)c3ccc(C)c(C)c3)n2C)sc2c1CCC2. The number of hydrogen-bond donors (Lipinski definition) is 2. The van der Waals surface area contributed by atoms with Gasteiger partial charge in [-0.25, -0.2) is 4.79 Å². The van der Waals surface area contributed by atoms with Crippen LogP contribution in [0.25, 0.3) is 0 Å². The third-order valence-corrected chi connectivity index (χ3v) is 8.73. The summed E-state index contributed by atoms with van der Waals surface area (Å²) >= 11 is 2.72. The molecule has 0 radical (unpaired) electrons. The zero-order valence-corrected chi connectivity index (χ0v) is 23.3. The van der Waals surface area contributed by atoms with E-state index in [4.69, 9.17) is 4.74 Å². The molecule has 196 valence electrons. The highest BCUT2D eigenvalue weighted by Gasteiger charge is 2.29. The van der Waals surface area contributed by atoms with Crippen LogP contribution >= 0.6 is 23.1 Å². The molecule has 0 aliphatic heterocycles. The average Bonchev–Trinajstić information content (AvgIpc) is 3.54. The van der Waals surface area contributed by atoms with E-state index in [1.165, 1.54) is 23.1 Å². The molecule has 2 amide bonds. The molecule has 1 atom stereocenters.